The molecule has 2 saturated carbocycles. The van der Waals surface area contributed by atoms with Crippen molar-refractivity contribution in [2.24, 2.45) is 11.8 Å². The van der Waals surface area contributed by atoms with Crippen LogP contribution in [0.2, 0.25) is 0 Å². The summed E-state index contributed by atoms with van der Waals surface area (Å²) in [5.74, 6) is 0.836. The highest BCUT2D eigenvalue weighted by Gasteiger charge is 2.41. The molecule has 4 heteroatoms. The molecular formula is C24H26N2O2. The van der Waals surface area contributed by atoms with E-state index in [1.807, 2.05) is 24.3 Å². The normalized spacial score (nSPS) is 25.1. The Hall–Kier alpha value is -2.62. The number of carbonyl (C=O) groups is 2. The van der Waals surface area contributed by atoms with Gasteiger partial charge in [0, 0.05) is 23.2 Å². The van der Waals surface area contributed by atoms with Gasteiger partial charge in [0.05, 0.1) is 6.04 Å². The highest BCUT2D eigenvalue weighted by Crippen LogP contribution is 2.42. The fraction of sp³-hybridized carbons (Fsp3) is 0.417. The number of amides is 2. The first kappa shape index (κ1) is 17.5. The van der Waals surface area contributed by atoms with Crippen LogP contribution in [0.4, 0.5) is 5.69 Å². The number of anilines is 1. The largest absolute Gasteiger partial charge is 0.329 e. The number of hydrogen-bond donors (Lipinski definition) is 1. The standard InChI is InChI=1S/C24H26N2O2/c1-15-14-21(15)23(27)25-18-9-6-17(7-10-18)24(28)26(19-11-12-19)22-13-8-16-4-2-3-5-20(16)22/h2-7,9-10,15,19,21-22H,8,11-14H2,1H3,(H,25,27). The molecule has 3 aliphatic rings. The molecule has 0 bridgehead atoms. The van der Waals surface area contributed by atoms with Crippen molar-refractivity contribution in [3.05, 3.63) is 65.2 Å². The Labute approximate surface area is 165 Å². The van der Waals surface area contributed by atoms with Crippen LogP contribution in [0.15, 0.2) is 48.5 Å². The van der Waals surface area contributed by atoms with Gasteiger partial charge in [0.2, 0.25) is 5.91 Å². The van der Waals surface area contributed by atoms with E-state index >= 15 is 0 Å². The van der Waals surface area contributed by atoms with Gasteiger partial charge >= 0.3 is 0 Å². The number of nitrogens with one attached hydrogen (secondary N) is 1. The van der Waals surface area contributed by atoms with Crippen LogP contribution in [-0.4, -0.2) is 22.8 Å². The van der Waals surface area contributed by atoms with E-state index in [1.165, 1.54) is 11.1 Å². The SMILES string of the molecule is CC1CC1C(=O)Nc1ccc(C(=O)N(C2CC2)C2CCc3ccccc32)cc1. The van der Waals surface area contributed by atoms with Crippen LogP contribution >= 0.6 is 0 Å². The summed E-state index contributed by atoms with van der Waals surface area (Å²) in [5.41, 5.74) is 4.16. The lowest BCUT2D eigenvalue weighted by Crippen LogP contribution is -2.36. The molecule has 2 aromatic carbocycles. The number of nitrogens with zero attached hydrogens (tertiary/aromatic N) is 1. The number of rotatable bonds is 5. The molecule has 2 amide bonds. The molecule has 28 heavy (non-hydrogen) atoms. The summed E-state index contributed by atoms with van der Waals surface area (Å²) in [6.07, 6.45) is 5.22. The van der Waals surface area contributed by atoms with Crippen LogP contribution in [0.1, 0.15) is 60.1 Å². The molecule has 144 valence electrons. The van der Waals surface area contributed by atoms with Gasteiger partial charge in [-0.25, -0.2) is 0 Å². The van der Waals surface area contributed by atoms with Gasteiger partial charge in [0.25, 0.3) is 5.91 Å². The zero-order valence-electron chi connectivity index (χ0n) is 16.2. The summed E-state index contributed by atoms with van der Waals surface area (Å²) in [6, 6.07) is 16.5. The second-order valence-corrected chi connectivity index (χ2v) is 8.58. The van der Waals surface area contributed by atoms with Crippen LogP contribution in [0.3, 0.4) is 0 Å². The van der Waals surface area contributed by atoms with Crippen molar-refractivity contribution in [2.75, 3.05) is 5.32 Å². The topological polar surface area (TPSA) is 49.4 Å². The lowest BCUT2D eigenvalue weighted by atomic mass is 10.0. The van der Waals surface area contributed by atoms with Crippen molar-refractivity contribution < 1.29 is 9.59 Å². The van der Waals surface area contributed by atoms with E-state index in [9.17, 15) is 9.59 Å². The maximum Gasteiger partial charge on any atom is 0.254 e. The van der Waals surface area contributed by atoms with E-state index in [0.717, 1.165) is 37.8 Å². The van der Waals surface area contributed by atoms with Gasteiger partial charge in [-0.05, 0) is 73.4 Å². The van der Waals surface area contributed by atoms with Crippen molar-refractivity contribution in [3.8, 4) is 0 Å². The summed E-state index contributed by atoms with van der Waals surface area (Å²) < 4.78 is 0. The molecule has 5 rings (SSSR count). The Morgan fingerprint density at radius 3 is 2.39 bits per heavy atom. The third-order valence-electron chi connectivity index (χ3n) is 6.46. The quantitative estimate of drug-likeness (QED) is 0.833. The van der Waals surface area contributed by atoms with E-state index in [1.54, 1.807) is 0 Å². The highest BCUT2D eigenvalue weighted by atomic mass is 16.2. The minimum atomic E-state index is 0.0914. The number of hydrogen-bond acceptors (Lipinski definition) is 2. The van der Waals surface area contributed by atoms with E-state index in [4.69, 9.17) is 0 Å². The van der Waals surface area contributed by atoms with Gasteiger partial charge in [0.15, 0.2) is 0 Å². The molecule has 1 N–H and O–H groups in total. The molecule has 0 heterocycles. The zero-order valence-corrected chi connectivity index (χ0v) is 16.2. The second-order valence-electron chi connectivity index (χ2n) is 8.58. The Bertz CT molecular complexity index is 916. The molecule has 0 spiro atoms. The average molecular weight is 374 g/mol. The van der Waals surface area contributed by atoms with Gasteiger partial charge in [-0.2, -0.15) is 0 Å². The van der Waals surface area contributed by atoms with E-state index in [0.29, 0.717) is 17.5 Å². The number of carbonyl (C=O) groups excluding carboxylic acids is 2. The van der Waals surface area contributed by atoms with Crippen LogP contribution in [-0.2, 0) is 11.2 Å². The molecule has 0 saturated heterocycles. The smallest absolute Gasteiger partial charge is 0.254 e. The van der Waals surface area contributed by atoms with Crippen LogP contribution in [0.25, 0.3) is 0 Å². The van der Waals surface area contributed by atoms with Gasteiger partial charge in [-0.1, -0.05) is 31.2 Å². The maximum absolute atomic E-state index is 13.4. The molecule has 4 nitrogen and oxygen atoms in total. The molecule has 2 fully saturated rings. The average Bonchev–Trinajstić information content (AvgIpc) is 3.62. The Morgan fingerprint density at radius 2 is 1.71 bits per heavy atom. The van der Waals surface area contributed by atoms with Crippen LogP contribution < -0.4 is 5.32 Å². The van der Waals surface area contributed by atoms with Crippen LogP contribution in [0, 0.1) is 11.8 Å². The number of aryl methyl sites for hydroxylation is 1. The van der Waals surface area contributed by atoms with E-state index in [-0.39, 0.29) is 23.8 Å². The zero-order chi connectivity index (χ0) is 19.3. The molecule has 3 atom stereocenters. The molecule has 3 aliphatic carbocycles. The van der Waals surface area contributed by atoms with Crippen molar-refractivity contribution in [1.82, 2.24) is 4.90 Å². The van der Waals surface area contributed by atoms with Crippen LogP contribution in [0.5, 0.6) is 0 Å². The Kier molecular flexibility index (Phi) is 4.22. The first-order valence-corrected chi connectivity index (χ1v) is 10.4. The number of fused-ring (bicyclic) bond motifs is 1. The Morgan fingerprint density at radius 1 is 1.00 bits per heavy atom. The highest BCUT2D eigenvalue weighted by molar-refractivity contribution is 5.97. The molecular weight excluding hydrogens is 348 g/mol. The van der Waals surface area contributed by atoms with E-state index in [2.05, 4.69) is 41.4 Å². The van der Waals surface area contributed by atoms with Gasteiger partial charge in [-0.15, -0.1) is 0 Å². The molecule has 3 unspecified atom stereocenters. The molecule has 2 aromatic rings. The minimum absolute atomic E-state index is 0.0914. The maximum atomic E-state index is 13.4. The van der Waals surface area contributed by atoms with Crippen molar-refractivity contribution >= 4 is 17.5 Å². The second kappa shape index (κ2) is 6.77. The third kappa shape index (κ3) is 3.21. The van der Waals surface area contributed by atoms with Gasteiger partial charge in [0.1, 0.15) is 0 Å². The summed E-state index contributed by atoms with van der Waals surface area (Å²) in [6.45, 7) is 2.10. The summed E-state index contributed by atoms with van der Waals surface area (Å²) in [7, 11) is 0. The van der Waals surface area contributed by atoms with Crippen molar-refractivity contribution in [3.63, 3.8) is 0 Å². The third-order valence-corrected chi connectivity index (χ3v) is 6.46. The lowest BCUT2D eigenvalue weighted by Gasteiger charge is -2.30. The first-order valence-electron chi connectivity index (χ1n) is 10.4. The summed E-state index contributed by atoms with van der Waals surface area (Å²) in [4.78, 5) is 27.6. The van der Waals surface area contributed by atoms with Crippen molar-refractivity contribution in [2.45, 2.75) is 51.1 Å². The number of benzene rings is 2. The van der Waals surface area contributed by atoms with E-state index < -0.39 is 0 Å². The summed E-state index contributed by atoms with van der Waals surface area (Å²) >= 11 is 0. The minimum Gasteiger partial charge on any atom is -0.329 e. The first-order chi connectivity index (χ1) is 13.6. The Balaban J connectivity index is 1.33. The predicted octanol–water partition coefficient (Wildman–Crippen LogP) is 4.57. The van der Waals surface area contributed by atoms with Crippen molar-refractivity contribution in [1.29, 1.82) is 0 Å². The summed E-state index contributed by atoms with van der Waals surface area (Å²) in [5, 5.41) is 2.97. The lowest BCUT2D eigenvalue weighted by molar-refractivity contribution is -0.117. The fourth-order valence-corrected chi connectivity index (χ4v) is 4.51. The monoisotopic (exact) mass is 374 g/mol. The molecule has 0 aliphatic heterocycles. The fourth-order valence-electron chi connectivity index (χ4n) is 4.51. The molecule has 0 radical (unpaired) electrons. The van der Waals surface area contributed by atoms with Gasteiger partial charge < -0.3 is 10.2 Å². The van der Waals surface area contributed by atoms with Gasteiger partial charge in [-0.3, -0.25) is 9.59 Å². The molecule has 0 aromatic heterocycles. The predicted molar refractivity (Wildman–Crippen MR) is 109 cm³/mol.